The molecule has 1 aromatic heterocycles. The van der Waals surface area contributed by atoms with Crippen molar-refractivity contribution in [3.05, 3.63) is 55.8 Å². The molecule has 7 heteroatoms. The van der Waals surface area contributed by atoms with Gasteiger partial charge in [0.15, 0.2) is 0 Å². The number of halogens is 2. The van der Waals surface area contributed by atoms with Crippen LogP contribution in [0, 0.1) is 0 Å². The average molecular weight is 284 g/mol. The van der Waals surface area contributed by atoms with Crippen LogP contribution < -0.4 is 11.0 Å². The predicted molar refractivity (Wildman–Crippen MR) is 68.5 cm³/mol. The van der Waals surface area contributed by atoms with Crippen LogP contribution in [0.3, 0.4) is 0 Å². The standard InChI is InChI=1S/C13H14F2N2O3/c14-13(15)20-10-5-2-8(3-6-10)1-4-9-7-11(18)12(19)17-16-9/h2,5,7,13H,1,3-4,6H2,(H,16,18)(H,17,19). The average Bonchev–Trinajstić information content (AvgIpc) is 2.41. The van der Waals surface area contributed by atoms with Crippen LogP contribution in [0.1, 0.15) is 25.0 Å². The van der Waals surface area contributed by atoms with Crippen molar-refractivity contribution in [1.82, 2.24) is 10.2 Å². The zero-order valence-electron chi connectivity index (χ0n) is 10.6. The minimum absolute atomic E-state index is 0.279. The monoisotopic (exact) mass is 284 g/mol. The molecular formula is C13H14F2N2O3. The van der Waals surface area contributed by atoms with Gasteiger partial charge in [-0.05, 0) is 25.3 Å². The molecule has 20 heavy (non-hydrogen) atoms. The first-order valence-corrected chi connectivity index (χ1v) is 6.19. The fourth-order valence-electron chi connectivity index (χ4n) is 1.97. The van der Waals surface area contributed by atoms with Gasteiger partial charge in [-0.2, -0.15) is 8.78 Å². The molecule has 2 rings (SSSR count). The zero-order valence-corrected chi connectivity index (χ0v) is 10.6. The number of hydrogen-bond acceptors (Lipinski definition) is 3. The van der Waals surface area contributed by atoms with E-state index >= 15 is 0 Å². The quantitative estimate of drug-likeness (QED) is 0.810. The fraction of sp³-hybridized carbons (Fsp3) is 0.385. The summed E-state index contributed by atoms with van der Waals surface area (Å²) in [4.78, 5) is 22.1. The molecule has 1 aliphatic carbocycles. The molecule has 1 aliphatic rings. The lowest BCUT2D eigenvalue weighted by Crippen LogP contribution is -2.27. The molecule has 0 saturated carbocycles. The van der Waals surface area contributed by atoms with E-state index in [0.29, 0.717) is 31.4 Å². The Balaban J connectivity index is 1.93. The van der Waals surface area contributed by atoms with Gasteiger partial charge < -0.3 is 9.84 Å². The number of nitrogens with one attached hydrogen (secondary N) is 2. The number of alkyl halides is 2. The lowest BCUT2D eigenvalue weighted by atomic mass is 9.98. The number of aryl methyl sites for hydroxylation is 1. The van der Waals surface area contributed by atoms with Gasteiger partial charge in [0.1, 0.15) is 5.76 Å². The van der Waals surface area contributed by atoms with E-state index in [2.05, 4.69) is 14.9 Å². The van der Waals surface area contributed by atoms with E-state index in [1.165, 1.54) is 6.07 Å². The van der Waals surface area contributed by atoms with Gasteiger partial charge >= 0.3 is 12.2 Å². The summed E-state index contributed by atoms with van der Waals surface area (Å²) in [5.74, 6) is 0.279. The largest absolute Gasteiger partial charge is 0.439 e. The lowest BCUT2D eigenvalue weighted by molar-refractivity contribution is -0.0985. The van der Waals surface area contributed by atoms with Crippen LogP contribution in [-0.2, 0) is 11.2 Å². The van der Waals surface area contributed by atoms with Gasteiger partial charge in [0.2, 0.25) is 5.43 Å². The van der Waals surface area contributed by atoms with Crippen LogP contribution in [0.25, 0.3) is 0 Å². The van der Waals surface area contributed by atoms with Crippen molar-refractivity contribution in [3.63, 3.8) is 0 Å². The first kappa shape index (κ1) is 14.2. The molecule has 0 unspecified atom stereocenters. The highest BCUT2D eigenvalue weighted by Crippen LogP contribution is 2.23. The number of aromatic amines is 2. The summed E-state index contributed by atoms with van der Waals surface area (Å²) in [6.07, 6.45) is 5.63. The molecule has 1 aromatic rings. The number of hydrogen-bond donors (Lipinski definition) is 2. The molecule has 0 aromatic carbocycles. The molecule has 1 heterocycles. The summed E-state index contributed by atoms with van der Waals surface area (Å²) in [6, 6.07) is 1.27. The summed E-state index contributed by atoms with van der Waals surface area (Å²) in [5, 5.41) is 4.90. The molecular weight excluding hydrogens is 270 g/mol. The van der Waals surface area contributed by atoms with Crippen LogP contribution in [0.4, 0.5) is 8.78 Å². The molecule has 108 valence electrons. The van der Waals surface area contributed by atoms with E-state index < -0.39 is 17.6 Å². The molecule has 0 fully saturated rings. The number of rotatable bonds is 5. The molecule has 0 saturated heterocycles. The van der Waals surface area contributed by atoms with Crippen molar-refractivity contribution >= 4 is 0 Å². The SMILES string of the molecule is O=c1cc(CCC2=CC=C(OC(F)F)CC2)[nH][nH]c1=O. The summed E-state index contributed by atoms with van der Waals surface area (Å²) in [6.45, 7) is -2.79. The fourth-order valence-corrected chi connectivity index (χ4v) is 1.97. The van der Waals surface area contributed by atoms with Gasteiger partial charge in [-0.25, -0.2) is 0 Å². The highest BCUT2D eigenvalue weighted by Gasteiger charge is 2.11. The molecule has 0 amide bonds. The molecule has 0 radical (unpaired) electrons. The van der Waals surface area contributed by atoms with Crippen molar-refractivity contribution in [2.45, 2.75) is 32.3 Å². The number of allylic oxidation sites excluding steroid dienone is 4. The van der Waals surface area contributed by atoms with Crippen LogP contribution in [-0.4, -0.2) is 16.8 Å². The Kier molecular flexibility index (Phi) is 4.49. The van der Waals surface area contributed by atoms with Crippen molar-refractivity contribution in [2.24, 2.45) is 0 Å². The summed E-state index contributed by atoms with van der Waals surface area (Å²) >= 11 is 0. The maximum atomic E-state index is 12.0. The number of ether oxygens (including phenoxy) is 1. The second-order valence-electron chi connectivity index (χ2n) is 4.45. The van der Waals surface area contributed by atoms with E-state index in [1.807, 2.05) is 0 Å². The molecule has 0 bridgehead atoms. The highest BCUT2D eigenvalue weighted by molar-refractivity contribution is 5.21. The zero-order chi connectivity index (χ0) is 14.5. The third-order valence-corrected chi connectivity index (χ3v) is 3.02. The minimum Gasteiger partial charge on any atom is -0.439 e. The van der Waals surface area contributed by atoms with E-state index in [1.54, 1.807) is 12.2 Å². The van der Waals surface area contributed by atoms with Gasteiger partial charge in [0, 0.05) is 18.2 Å². The highest BCUT2D eigenvalue weighted by atomic mass is 19.3. The van der Waals surface area contributed by atoms with Gasteiger partial charge in [0.05, 0.1) is 0 Å². The summed E-state index contributed by atoms with van der Waals surface area (Å²) in [5.41, 5.74) is 0.457. The Bertz CT molecular complexity index is 644. The second kappa shape index (κ2) is 6.31. The van der Waals surface area contributed by atoms with Crippen molar-refractivity contribution in [2.75, 3.05) is 0 Å². The molecule has 2 N–H and O–H groups in total. The van der Waals surface area contributed by atoms with Crippen molar-refractivity contribution in [3.8, 4) is 0 Å². The summed E-state index contributed by atoms with van der Waals surface area (Å²) < 4.78 is 28.3. The molecule has 0 spiro atoms. The van der Waals surface area contributed by atoms with Crippen molar-refractivity contribution in [1.29, 1.82) is 0 Å². The predicted octanol–water partition coefficient (Wildman–Crippen LogP) is 1.84. The van der Waals surface area contributed by atoms with Crippen LogP contribution >= 0.6 is 0 Å². The van der Waals surface area contributed by atoms with E-state index in [-0.39, 0.29) is 5.76 Å². The van der Waals surface area contributed by atoms with Crippen LogP contribution in [0.2, 0.25) is 0 Å². The second-order valence-corrected chi connectivity index (χ2v) is 4.45. The number of aromatic nitrogens is 2. The molecule has 5 nitrogen and oxygen atoms in total. The maximum absolute atomic E-state index is 12.0. The van der Waals surface area contributed by atoms with Gasteiger partial charge in [-0.1, -0.05) is 11.6 Å². The van der Waals surface area contributed by atoms with Gasteiger partial charge in [-0.15, -0.1) is 0 Å². The van der Waals surface area contributed by atoms with E-state index in [9.17, 15) is 18.4 Å². The van der Waals surface area contributed by atoms with E-state index in [0.717, 1.165) is 5.57 Å². The Morgan fingerprint density at radius 1 is 1.15 bits per heavy atom. The Morgan fingerprint density at radius 3 is 2.55 bits per heavy atom. The minimum atomic E-state index is -2.79. The third kappa shape index (κ3) is 3.91. The molecule has 0 aliphatic heterocycles. The maximum Gasteiger partial charge on any atom is 0.387 e. The first-order chi connectivity index (χ1) is 9.54. The Morgan fingerprint density at radius 2 is 1.95 bits per heavy atom. The number of H-pyrrole nitrogens is 2. The van der Waals surface area contributed by atoms with Gasteiger partial charge in [-0.3, -0.25) is 14.7 Å². The topological polar surface area (TPSA) is 75.0 Å². The Hall–Kier alpha value is -2.18. The normalized spacial score (nSPS) is 14.9. The van der Waals surface area contributed by atoms with Crippen LogP contribution in [0.15, 0.2) is 39.1 Å². The Labute approximate surface area is 113 Å². The molecule has 0 atom stereocenters. The third-order valence-electron chi connectivity index (χ3n) is 3.02. The van der Waals surface area contributed by atoms with E-state index in [4.69, 9.17) is 0 Å². The lowest BCUT2D eigenvalue weighted by Gasteiger charge is -2.15. The van der Waals surface area contributed by atoms with Crippen LogP contribution in [0.5, 0.6) is 0 Å². The van der Waals surface area contributed by atoms with Gasteiger partial charge in [0.25, 0.3) is 0 Å². The van der Waals surface area contributed by atoms with Crippen molar-refractivity contribution < 1.29 is 13.5 Å². The summed E-state index contributed by atoms with van der Waals surface area (Å²) in [7, 11) is 0. The smallest absolute Gasteiger partial charge is 0.387 e. The first-order valence-electron chi connectivity index (χ1n) is 6.19.